The van der Waals surface area contributed by atoms with E-state index in [1.807, 2.05) is 0 Å². The Labute approximate surface area is 59.8 Å². The highest BCUT2D eigenvalue weighted by Gasteiger charge is 1.83. The summed E-state index contributed by atoms with van der Waals surface area (Å²) in [6, 6.07) is 0. The summed E-state index contributed by atoms with van der Waals surface area (Å²) < 4.78 is 0. The summed E-state index contributed by atoms with van der Waals surface area (Å²) in [6.45, 7) is 1.69. The van der Waals surface area contributed by atoms with Gasteiger partial charge < -0.3 is 0 Å². The van der Waals surface area contributed by atoms with Gasteiger partial charge in [-0.25, -0.2) is 9.67 Å². The van der Waals surface area contributed by atoms with Gasteiger partial charge in [-0.05, 0) is 36.4 Å². The predicted molar refractivity (Wildman–Crippen MR) is 36.9 cm³/mol. The Morgan fingerprint density at radius 1 is 0.875 bits per heavy atom. The van der Waals surface area contributed by atoms with Crippen LogP contribution < -0.4 is 9.67 Å². The number of hydrogen-bond donors (Lipinski definition) is 2. The van der Waals surface area contributed by atoms with Crippen LogP contribution in [0.4, 0.5) is 0 Å². The van der Waals surface area contributed by atoms with Crippen molar-refractivity contribution in [3.63, 3.8) is 0 Å². The van der Waals surface area contributed by atoms with Crippen molar-refractivity contribution in [2.45, 2.75) is 12.8 Å². The lowest BCUT2D eigenvalue weighted by Gasteiger charge is -1.94. The van der Waals surface area contributed by atoms with Gasteiger partial charge in [0.15, 0.2) is 0 Å². The molecule has 0 spiro atoms. The van der Waals surface area contributed by atoms with Crippen LogP contribution in [0.25, 0.3) is 0 Å². The first-order chi connectivity index (χ1) is 3.91. The van der Waals surface area contributed by atoms with Gasteiger partial charge in [0.2, 0.25) is 0 Å². The lowest BCUT2D eigenvalue weighted by molar-refractivity contribution is 0.709. The first-order valence-corrected chi connectivity index (χ1v) is 3.34. The van der Waals surface area contributed by atoms with Gasteiger partial charge in [-0.1, -0.05) is 0 Å². The maximum atomic E-state index is 5.18. The molecule has 0 rings (SSSR count). The molecule has 0 atom stereocenters. The number of hydrogen-bond acceptors (Lipinski definition) is 2. The third-order valence-electron chi connectivity index (χ3n) is 0.793. The van der Waals surface area contributed by atoms with Crippen LogP contribution in [0, 0.1) is 0 Å². The molecule has 0 aliphatic carbocycles. The Balaban J connectivity index is 2.53. The zero-order chi connectivity index (χ0) is 6.24. The van der Waals surface area contributed by atoms with Gasteiger partial charge in [0.05, 0.1) is 0 Å². The molecule has 0 aliphatic rings. The van der Waals surface area contributed by atoms with E-state index in [4.69, 9.17) is 23.6 Å². The van der Waals surface area contributed by atoms with Crippen LogP contribution in [0.2, 0.25) is 0 Å². The van der Waals surface area contributed by atoms with Gasteiger partial charge in [0, 0.05) is 13.1 Å². The highest BCUT2D eigenvalue weighted by atomic mass is 35.5. The first-order valence-electron chi connectivity index (χ1n) is 2.59. The summed E-state index contributed by atoms with van der Waals surface area (Å²) in [4.78, 5) is 5.06. The minimum absolute atomic E-state index is 0.847. The Kier molecular flexibility index (Phi) is 7.97. The summed E-state index contributed by atoms with van der Waals surface area (Å²) in [5.74, 6) is 0. The number of unbranched alkanes of at least 4 members (excludes halogenated alkanes) is 1. The summed E-state index contributed by atoms with van der Waals surface area (Å²) in [5, 5.41) is 0. The van der Waals surface area contributed by atoms with E-state index in [1.165, 1.54) is 0 Å². The zero-order valence-electron chi connectivity index (χ0n) is 4.58. The Morgan fingerprint density at radius 3 is 1.50 bits per heavy atom. The van der Waals surface area contributed by atoms with E-state index < -0.39 is 0 Å². The van der Waals surface area contributed by atoms with Gasteiger partial charge >= 0.3 is 0 Å². The molecule has 0 aliphatic heterocycles. The minimum Gasteiger partial charge on any atom is -0.234 e. The molecule has 0 aromatic carbocycles. The Bertz CT molecular complexity index is 37.0. The van der Waals surface area contributed by atoms with Crippen LogP contribution in [0.1, 0.15) is 12.8 Å². The lowest BCUT2D eigenvalue weighted by Crippen LogP contribution is -2.05. The minimum atomic E-state index is 0.847. The van der Waals surface area contributed by atoms with Crippen LogP contribution in [0.5, 0.6) is 0 Å². The van der Waals surface area contributed by atoms with Crippen molar-refractivity contribution < 1.29 is 0 Å². The van der Waals surface area contributed by atoms with E-state index in [2.05, 4.69) is 9.67 Å². The lowest BCUT2D eigenvalue weighted by atomic mass is 10.3. The molecule has 50 valence electrons. The van der Waals surface area contributed by atoms with Crippen molar-refractivity contribution in [2.24, 2.45) is 0 Å². The number of nitrogens with one attached hydrogen (secondary N) is 2. The van der Waals surface area contributed by atoms with Gasteiger partial charge in [0.1, 0.15) is 0 Å². The fraction of sp³-hybridized carbons (Fsp3) is 1.00. The topological polar surface area (TPSA) is 24.1 Å². The van der Waals surface area contributed by atoms with Crippen molar-refractivity contribution in [3.8, 4) is 0 Å². The average molecular weight is 157 g/mol. The standard InChI is InChI=1S/C4H10Cl2N2/c5-7-3-1-2-4-8-6/h7-8H,1-4H2. The third-order valence-corrected chi connectivity index (χ3v) is 1.17. The van der Waals surface area contributed by atoms with E-state index >= 15 is 0 Å². The second-order valence-corrected chi connectivity index (χ2v) is 2.01. The van der Waals surface area contributed by atoms with Crippen LogP contribution >= 0.6 is 23.6 Å². The molecule has 0 saturated heterocycles. The van der Waals surface area contributed by atoms with E-state index in [9.17, 15) is 0 Å². The van der Waals surface area contributed by atoms with Crippen LogP contribution in [-0.4, -0.2) is 13.1 Å². The molecule has 8 heavy (non-hydrogen) atoms. The molecule has 2 N–H and O–H groups in total. The SMILES string of the molecule is ClNCCCCNCl. The van der Waals surface area contributed by atoms with Crippen molar-refractivity contribution in [3.05, 3.63) is 0 Å². The molecule has 0 radical (unpaired) electrons. The van der Waals surface area contributed by atoms with Gasteiger partial charge in [-0.2, -0.15) is 0 Å². The normalized spacial score (nSPS) is 9.75. The van der Waals surface area contributed by atoms with E-state index in [1.54, 1.807) is 0 Å². The van der Waals surface area contributed by atoms with Crippen LogP contribution in [0.3, 0.4) is 0 Å². The van der Waals surface area contributed by atoms with Crippen molar-refractivity contribution in [1.82, 2.24) is 9.67 Å². The van der Waals surface area contributed by atoms with Crippen molar-refractivity contribution in [2.75, 3.05) is 13.1 Å². The van der Waals surface area contributed by atoms with Crippen LogP contribution in [-0.2, 0) is 0 Å². The van der Waals surface area contributed by atoms with E-state index in [0.717, 1.165) is 25.9 Å². The molecule has 0 bridgehead atoms. The quantitative estimate of drug-likeness (QED) is 0.463. The van der Waals surface area contributed by atoms with Gasteiger partial charge in [-0.3, -0.25) is 0 Å². The maximum Gasteiger partial charge on any atom is 0.0108 e. The van der Waals surface area contributed by atoms with E-state index in [0.29, 0.717) is 0 Å². The molecule has 0 amide bonds. The van der Waals surface area contributed by atoms with Crippen molar-refractivity contribution in [1.29, 1.82) is 0 Å². The number of halogens is 2. The van der Waals surface area contributed by atoms with Crippen LogP contribution in [0.15, 0.2) is 0 Å². The molecular formula is C4H10Cl2N2. The summed E-state index contributed by atoms with van der Waals surface area (Å²) >= 11 is 10.4. The molecule has 2 nitrogen and oxygen atoms in total. The second-order valence-electron chi connectivity index (χ2n) is 1.47. The van der Waals surface area contributed by atoms with Crippen molar-refractivity contribution >= 4 is 23.6 Å². The maximum absolute atomic E-state index is 5.18. The smallest absolute Gasteiger partial charge is 0.0108 e. The fourth-order valence-corrected chi connectivity index (χ4v) is 0.651. The number of rotatable bonds is 5. The summed E-state index contributed by atoms with van der Waals surface area (Å²) in [6.07, 6.45) is 2.12. The molecule has 0 saturated carbocycles. The Hall–Kier alpha value is 0.500. The zero-order valence-corrected chi connectivity index (χ0v) is 6.10. The average Bonchev–Trinajstić information content (AvgIpc) is 1.81. The predicted octanol–water partition coefficient (Wildman–Crippen LogP) is 1.25. The fourth-order valence-electron chi connectivity index (χ4n) is 0.384. The first kappa shape index (κ1) is 8.50. The third kappa shape index (κ3) is 6.50. The Morgan fingerprint density at radius 2 is 1.25 bits per heavy atom. The second kappa shape index (κ2) is 7.50. The molecule has 0 unspecified atom stereocenters. The summed E-state index contributed by atoms with van der Waals surface area (Å²) in [7, 11) is 0. The monoisotopic (exact) mass is 156 g/mol. The van der Waals surface area contributed by atoms with Gasteiger partial charge in [0.25, 0.3) is 0 Å². The molecule has 4 heteroatoms. The molecular weight excluding hydrogens is 147 g/mol. The highest BCUT2D eigenvalue weighted by Crippen LogP contribution is 1.84. The van der Waals surface area contributed by atoms with E-state index in [-0.39, 0.29) is 0 Å². The molecule has 0 heterocycles. The largest absolute Gasteiger partial charge is 0.234 e. The summed E-state index contributed by atoms with van der Waals surface area (Å²) in [5.41, 5.74) is 0. The molecule has 0 aromatic heterocycles. The molecule has 0 fully saturated rings. The highest BCUT2D eigenvalue weighted by molar-refractivity contribution is 6.13. The molecule has 0 aromatic rings. The van der Waals surface area contributed by atoms with Gasteiger partial charge in [-0.15, -0.1) is 0 Å².